The number of rotatable bonds is 8. The van der Waals surface area contributed by atoms with Crippen LogP contribution in [0, 0.1) is 6.92 Å². The lowest BCUT2D eigenvalue weighted by Crippen LogP contribution is -2.36. The summed E-state index contributed by atoms with van der Waals surface area (Å²) in [6, 6.07) is 10.6. The molecule has 9 nitrogen and oxygen atoms in total. The summed E-state index contributed by atoms with van der Waals surface area (Å²) in [4.78, 5) is 22.8. The van der Waals surface area contributed by atoms with Crippen molar-refractivity contribution in [2.45, 2.75) is 11.8 Å². The second kappa shape index (κ2) is 9.30. The molecular weight excluding hydrogens is 398 g/mol. The molecule has 2 aromatic rings. The van der Waals surface area contributed by atoms with Gasteiger partial charge in [0.25, 0.3) is 5.91 Å². The van der Waals surface area contributed by atoms with Crippen LogP contribution in [0.15, 0.2) is 52.5 Å². The molecule has 2 N–H and O–H groups in total. The molecule has 2 aromatic carbocycles. The smallest absolute Gasteiger partial charge is 0.335 e. The number of hydrogen-bond acceptors (Lipinski definition) is 6. The van der Waals surface area contributed by atoms with E-state index in [1.165, 1.54) is 50.7 Å². The fourth-order valence-electron chi connectivity index (χ4n) is 2.37. The van der Waals surface area contributed by atoms with E-state index < -0.39 is 28.4 Å². The molecule has 0 aliphatic rings. The zero-order valence-electron chi connectivity index (χ0n) is 16.1. The Bertz CT molecular complexity index is 1030. The Labute approximate surface area is 168 Å². The molecule has 0 aliphatic carbocycles. The quantitative estimate of drug-likeness (QED) is 0.493. The Morgan fingerprint density at radius 2 is 1.86 bits per heavy atom. The second-order valence-corrected chi connectivity index (χ2v) is 8.15. The van der Waals surface area contributed by atoms with E-state index in [-0.39, 0.29) is 16.2 Å². The third-order valence-corrected chi connectivity index (χ3v) is 5.76. The summed E-state index contributed by atoms with van der Waals surface area (Å²) in [5.41, 5.74) is 3.68. The highest BCUT2D eigenvalue weighted by atomic mass is 32.2. The van der Waals surface area contributed by atoms with E-state index in [4.69, 9.17) is 9.84 Å². The molecule has 2 rings (SSSR count). The molecule has 0 aromatic heterocycles. The van der Waals surface area contributed by atoms with Crippen molar-refractivity contribution in [1.82, 2.24) is 9.73 Å². The highest BCUT2D eigenvalue weighted by Gasteiger charge is 2.26. The van der Waals surface area contributed by atoms with E-state index in [2.05, 4.69) is 10.5 Å². The predicted octanol–water partition coefficient (Wildman–Crippen LogP) is 1.47. The van der Waals surface area contributed by atoms with Crippen molar-refractivity contribution in [3.05, 3.63) is 59.2 Å². The lowest BCUT2D eigenvalue weighted by molar-refractivity contribution is -0.121. The first-order valence-corrected chi connectivity index (χ1v) is 9.85. The van der Waals surface area contributed by atoms with Crippen LogP contribution in [0.3, 0.4) is 0 Å². The summed E-state index contributed by atoms with van der Waals surface area (Å²) in [6.45, 7) is 1.30. The number of carboxylic acids is 1. The van der Waals surface area contributed by atoms with Gasteiger partial charge in [-0.05, 0) is 42.3 Å². The van der Waals surface area contributed by atoms with Crippen molar-refractivity contribution in [2.75, 3.05) is 20.7 Å². The van der Waals surface area contributed by atoms with Crippen molar-refractivity contribution in [2.24, 2.45) is 5.10 Å². The maximum Gasteiger partial charge on any atom is 0.335 e. The van der Waals surface area contributed by atoms with Gasteiger partial charge in [0.2, 0.25) is 10.0 Å². The molecule has 0 saturated carbocycles. The number of carboxylic acid groups (broad SMARTS) is 1. The molecule has 0 bridgehead atoms. The third kappa shape index (κ3) is 5.62. The van der Waals surface area contributed by atoms with E-state index in [1.54, 1.807) is 19.1 Å². The Morgan fingerprint density at radius 1 is 1.21 bits per heavy atom. The van der Waals surface area contributed by atoms with Gasteiger partial charge in [-0.1, -0.05) is 18.2 Å². The minimum Gasteiger partial charge on any atom is -0.495 e. The van der Waals surface area contributed by atoms with Crippen LogP contribution >= 0.6 is 0 Å². The van der Waals surface area contributed by atoms with E-state index in [0.717, 1.165) is 9.87 Å². The van der Waals surface area contributed by atoms with E-state index in [0.29, 0.717) is 5.56 Å². The third-order valence-electron chi connectivity index (χ3n) is 3.93. The number of ether oxygens (including phenoxy) is 1. The van der Waals surface area contributed by atoms with Crippen LogP contribution < -0.4 is 10.2 Å². The molecule has 0 unspecified atom stereocenters. The maximum absolute atomic E-state index is 12.8. The SMILES string of the molecule is COc1ccc(C)cc1S(=O)(=O)N(C)CC(=O)N/N=C/c1ccc(C(=O)O)cc1. The van der Waals surface area contributed by atoms with Crippen LogP contribution in [-0.2, 0) is 14.8 Å². The van der Waals surface area contributed by atoms with Crippen LogP contribution in [-0.4, -0.2) is 56.6 Å². The van der Waals surface area contributed by atoms with Crippen LogP contribution in [0.4, 0.5) is 0 Å². The summed E-state index contributed by atoms with van der Waals surface area (Å²) >= 11 is 0. The summed E-state index contributed by atoms with van der Waals surface area (Å²) in [5.74, 6) is -1.50. The average molecular weight is 419 g/mol. The molecule has 154 valence electrons. The first-order chi connectivity index (χ1) is 13.6. The van der Waals surface area contributed by atoms with Gasteiger partial charge in [-0.15, -0.1) is 0 Å². The monoisotopic (exact) mass is 419 g/mol. The fourth-order valence-corrected chi connectivity index (χ4v) is 3.73. The summed E-state index contributed by atoms with van der Waals surface area (Å²) < 4.78 is 31.5. The van der Waals surface area contributed by atoms with Crippen molar-refractivity contribution >= 4 is 28.1 Å². The predicted molar refractivity (Wildman–Crippen MR) is 107 cm³/mol. The number of carbonyl (C=O) groups is 2. The zero-order chi connectivity index (χ0) is 21.6. The van der Waals surface area contributed by atoms with Gasteiger partial charge in [-0.25, -0.2) is 18.6 Å². The van der Waals surface area contributed by atoms with Gasteiger partial charge < -0.3 is 9.84 Å². The number of nitrogens with one attached hydrogen (secondary N) is 1. The largest absolute Gasteiger partial charge is 0.495 e. The molecule has 0 aliphatic heterocycles. The molecule has 0 spiro atoms. The lowest BCUT2D eigenvalue weighted by atomic mass is 10.1. The topological polar surface area (TPSA) is 125 Å². The number of likely N-dealkylation sites (N-methyl/N-ethyl adjacent to an activating group) is 1. The van der Waals surface area contributed by atoms with Crippen molar-refractivity contribution in [3.8, 4) is 5.75 Å². The molecule has 0 saturated heterocycles. The Morgan fingerprint density at radius 3 is 2.45 bits per heavy atom. The van der Waals surface area contributed by atoms with Crippen molar-refractivity contribution in [1.29, 1.82) is 0 Å². The van der Waals surface area contributed by atoms with E-state index in [1.807, 2.05) is 0 Å². The van der Waals surface area contributed by atoms with Crippen molar-refractivity contribution in [3.63, 3.8) is 0 Å². The number of nitrogens with zero attached hydrogens (tertiary/aromatic N) is 2. The Balaban J connectivity index is 2.02. The minimum absolute atomic E-state index is 0.0303. The molecular formula is C19H21N3O6S. The lowest BCUT2D eigenvalue weighted by Gasteiger charge is -2.18. The summed E-state index contributed by atoms with van der Waals surface area (Å²) in [6.07, 6.45) is 1.32. The minimum atomic E-state index is -3.95. The van der Waals surface area contributed by atoms with Crippen LogP contribution in [0.5, 0.6) is 5.75 Å². The summed E-state index contributed by atoms with van der Waals surface area (Å²) in [7, 11) is -1.30. The fraction of sp³-hybridized carbons (Fsp3) is 0.211. The molecule has 29 heavy (non-hydrogen) atoms. The molecule has 10 heteroatoms. The van der Waals surface area contributed by atoms with Crippen LogP contribution in [0.2, 0.25) is 0 Å². The number of aryl methyl sites for hydroxylation is 1. The molecule has 0 radical (unpaired) electrons. The summed E-state index contributed by atoms with van der Waals surface area (Å²) in [5, 5.41) is 12.6. The average Bonchev–Trinajstić information content (AvgIpc) is 2.68. The molecule has 1 amide bonds. The molecule has 0 atom stereocenters. The standard InChI is InChI=1S/C19H21N3O6S/c1-13-4-9-16(28-3)17(10-13)29(26,27)22(2)12-18(23)21-20-11-14-5-7-15(8-6-14)19(24)25/h4-11H,12H2,1-3H3,(H,21,23)(H,24,25)/b20-11+. The number of hydrogen-bond donors (Lipinski definition) is 2. The van der Waals surface area contributed by atoms with Crippen LogP contribution in [0.25, 0.3) is 0 Å². The Hall–Kier alpha value is -3.24. The zero-order valence-corrected chi connectivity index (χ0v) is 16.9. The van der Waals surface area contributed by atoms with Gasteiger partial charge in [-0.2, -0.15) is 9.41 Å². The first-order valence-electron chi connectivity index (χ1n) is 8.41. The van der Waals surface area contributed by atoms with E-state index in [9.17, 15) is 18.0 Å². The number of benzene rings is 2. The molecule has 0 fully saturated rings. The normalized spacial score (nSPS) is 11.6. The van der Waals surface area contributed by atoms with Gasteiger partial charge in [0.1, 0.15) is 10.6 Å². The number of methoxy groups -OCH3 is 1. The van der Waals surface area contributed by atoms with Gasteiger partial charge >= 0.3 is 5.97 Å². The number of sulfonamides is 1. The number of amides is 1. The van der Waals surface area contributed by atoms with E-state index >= 15 is 0 Å². The van der Waals surface area contributed by atoms with Crippen LogP contribution in [0.1, 0.15) is 21.5 Å². The van der Waals surface area contributed by atoms with Gasteiger partial charge in [0, 0.05) is 7.05 Å². The second-order valence-electron chi connectivity index (χ2n) is 6.14. The highest BCUT2D eigenvalue weighted by Crippen LogP contribution is 2.27. The molecule has 0 heterocycles. The highest BCUT2D eigenvalue weighted by molar-refractivity contribution is 7.89. The maximum atomic E-state index is 12.8. The van der Waals surface area contributed by atoms with Gasteiger partial charge in [0.15, 0.2) is 0 Å². The van der Waals surface area contributed by atoms with Gasteiger partial charge in [0.05, 0.1) is 25.4 Å². The Kier molecular flexibility index (Phi) is 7.08. The number of hydrazone groups is 1. The first kappa shape index (κ1) is 22.1. The number of aromatic carboxylic acids is 1. The van der Waals surface area contributed by atoms with Gasteiger partial charge in [-0.3, -0.25) is 4.79 Å². The van der Waals surface area contributed by atoms with Crippen molar-refractivity contribution < 1.29 is 27.9 Å². The number of carbonyl (C=O) groups excluding carboxylic acids is 1.